The van der Waals surface area contributed by atoms with Gasteiger partial charge in [0.1, 0.15) is 23.2 Å². The Morgan fingerprint density at radius 1 is 0.532 bits per heavy atom. The van der Waals surface area contributed by atoms with Crippen molar-refractivity contribution in [3.63, 3.8) is 0 Å². The summed E-state index contributed by atoms with van der Waals surface area (Å²) in [6.07, 6.45) is 29.2. The molecule has 9 aliphatic rings. The Hall–Kier alpha value is -11.5. The van der Waals surface area contributed by atoms with Crippen LogP contribution in [-0.2, 0) is 46.7 Å². The van der Waals surface area contributed by atoms with E-state index in [1.165, 1.54) is 31.0 Å². The van der Waals surface area contributed by atoms with Crippen LogP contribution in [0.25, 0.3) is 77.6 Å². The number of pyridine rings is 3. The van der Waals surface area contributed by atoms with E-state index in [-0.39, 0.29) is 71.1 Å². The Balaban J connectivity index is -0.0000000312. The third-order valence-corrected chi connectivity index (χ3v) is 25.4. The molecule has 7 heterocycles. The van der Waals surface area contributed by atoms with Gasteiger partial charge in [0.15, 0.2) is 23.3 Å². The van der Waals surface area contributed by atoms with Gasteiger partial charge in [0.05, 0.1) is 59.3 Å². The highest BCUT2D eigenvalue weighted by Gasteiger charge is 2.55. The Kier molecular flexibility index (Phi) is 7.19. The second-order valence-corrected chi connectivity index (χ2v) is 32.3. The molecule has 0 amide bonds. The Labute approximate surface area is 868 Å². The average Bonchev–Trinajstić information content (AvgIpc) is 1.63. The molecular formula is C93H231F3N12O3. The van der Waals surface area contributed by atoms with Crippen LogP contribution >= 0.6 is 0 Å². The summed E-state index contributed by atoms with van der Waals surface area (Å²) < 4.78 is 771. The second kappa shape index (κ2) is 29.1. The van der Waals surface area contributed by atoms with Crippen molar-refractivity contribution in [1.82, 2.24) is 50.0 Å². The first-order valence-electron chi connectivity index (χ1n) is 111. The zero-order valence-electron chi connectivity index (χ0n) is 207. The van der Waals surface area contributed by atoms with Gasteiger partial charge in [-0.25, -0.2) is 52.8 Å². The standard InChI is InChI=1S/2C31H29FN4O.C31H27FN4O.73H2/c1-3-6-21-24-12-11-23-27(22-7-4-5-8-25(22)32)35-30(19-13-14-33-26(15-19)18-9-10-18)36-29(23)31(24,2)16-20-17-34-37-28(20)21;2*1-4-7-20-23-13-12-22-27(21-8-5-6-9-24(21)32)35-30(19-14-15-34-25(16-19)18-10-11-18)36-29(22)31(23,2)17-26(33-3)28(20)37;;;;;;;;;;;;;;;;;;;;;;;;;;;;;;;;;;;;;;;;;;;;;;;;;;;;;;;;;;;;;;;;;;;;;;;;;/h3-5,7-8,13-15,17-18,21,24H,1,6,9-12,16H2,2H3;4-6,8-9,14-16,18,20,23,37H,1,7,10-13,17H2,2H3;4-6,8-9,14-18,20,23H,1,7,10-13H2,2H3;73*1H/t21-,24-,31-;2*20-,23-,31-;;;;;;;;;;;;;;;;;;;;;;;;;;;;;;;;;;;;;;;;;;;;;;;;;;;;;;;;;;;;;;;;;;;;;;;;;/m111........................................................................./s1/i;;;72*1+2T;1+2. The number of allylic oxidation sites excluding steroid dienone is 7. The molecule has 702 valence electrons. The third-order valence-electron chi connectivity index (χ3n) is 25.4. The van der Waals surface area contributed by atoms with Crippen molar-refractivity contribution >= 4 is 5.78 Å². The molecule has 3 aromatic carbocycles. The second-order valence-electron chi connectivity index (χ2n) is 32.3. The molecule has 3 fully saturated rings. The van der Waals surface area contributed by atoms with Crippen LogP contribution < -0.4 is 0 Å². The van der Waals surface area contributed by atoms with Gasteiger partial charge in [-0.15, -0.1) is 19.7 Å². The van der Waals surface area contributed by atoms with Crippen LogP contribution in [0.4, 0.5) is 13.2 Å². The van der Waals surface area contributed by atoms with Gasteiger partial charge in [-0.05, 0) is 200 Å². The lowest BCUT2D eigenvalue weighted by Gasteiger charge is -2.49. The summed E-state index contributed by atoms with van der Waals surface area (Å²) in [7, 11) is 0. The number of Topliss-reactive ketones (excluding diaryl/α,β-unsaturated/α-hetero) is 1. The number of benzene rings is 3. The predicted molar refractivity (Wildman–Crippen MR) is 575 cm³/mol. The molecular weight excluding hydrogens is 1390 g/mol. The summed E-state index contributed by atoms with van der Waals surface area (Å²) in [6.45, 7) is 33.8. The molecule has 9 aliphatic carbocycles. The highest BCUT2D eigenvalue weighted by atomic mass is 19.1. The van der Waals surface area contributed by atoms with Crippen LogP contribution in [-0.4, -0.2) is 60.9 Å². The fourth-order valence-electron chi connectivity index (χ4n) is 19.4. The highest BCUT2D eigenvalue weighted by molar-refractivity contribution is 6.00. The monoisotopic (exact) mass is 1910 g/mol. The first kappa shape index (κ1) is 27.5. The van der Waals surface area contributed by atoms with Crippen molar-refractivity contribution in [2.24, 2.45) is 29.6 Å². The van der Waals surface area contributed by atoms with Gasteiger partial charge in [0.25, 0.3) is 0 Å². The van der Waals surface area contributed by atoms with E-state index in [4.69, 9.17) is 261 Å². The predicted octanol–water partition coefficient (Wildman–Crippen LogP) is 38.9. The lowest BCUT2D eigenvalue weighted by atomic mass is 9.55. The summed E-state index contributed by atoms with van der Waals surface area (Å²) in [5.74, 6) is 3.35. The zero-order valence-corrected chi connectivity index (χ0v) is 62.6. The van der Waals surface area contributed by atoms with Gasteiger partial charge < -0.3 is 14.4 Å². The highest BCUT2D eigenvalue weighted by Crippen LogP contribution is 2.59. The van der Waals surface area contributed by atoms with Crippen LogP contribution in [0, 0.1) is 60.2 Å². The number of aliphatic hydroxyl groups is 1. The summed E-state index contributed by atoms with van der Waals surface area (Å²) in [6, 6.07) is 32.4. The molecule has 111 heavy (non-hydrogen) atoms. The van der Waals surface area contributed by atoms with E-state index in [9.17, 15) is 9.90 Å². The number of carbonyl (C=O) groups excluding carboxylic acids is 1. The van der Waals surface area contributed by atoms with E-state index in [2.05, 4.69) is 82.4 Å². The number of aromatic nitrogens is 10. The molecule has 18 heteroatoms. The lowest BCUT2D eigenvalue weighted by molar-refractivity contribution is -0.122. The van der Waals surface area contributed by atoms with Crippen molar-refractivity contribution in [2.75, 3.05) is 0 Å². The van der Waals surface area contributed by atoms with E-state index in [0.29, 0.717) is 113 Å². The van der Waals surface area contributed by atoms with Crippen LogP contribution in [0.2, 0.25) is 0 Å². The topological polar surface area (TPSA) is 188 Å². The van der Waals surface area contributed by atoms with Gasteiger partial charge in [-0.1, -0.05) is 86.6 Å². The van der Waals surface area contributed by atoms with Crippen LogP contribution in [0.5, 0.6) is 0 Å². The number of fused-ring (bicyclic) bond motifs is 10. The van der Waals surface area contributed by atoms with Gasteiger partial charge in [-0.2, -0.15) is 0 Å². The quantitative estimate of drug-likeness (QED) is 0.0755. The lowest BCUT2D eigenvalue weighted by Crippen LogP contribution is -2.46. The van der Waals surface area contributed by atoms with E-state index >= 15 is 13.2 Å². The molecule has 0 unspecified atom stereocenters. The molecule has 7 aromatic heterocycles. The smallest absolute Gasteiger partial charge is 0.226 e. The first-order chi connectivity index (χ1) is 126. The Morgan fingerprint density at radius 2 is 0.937 bits per heavy atom. The molecule has 0 bridgehead atoms. The number of hydrogen-bond acceptors (Lipinski definition) is 13. The van der Waals surface area contributed by atoms with Crippen molar-refractivity contribution in [1.29, 1.82) is 0 Å². The Bertz CT molecular complexity index is 5860. The number of hydrogen-bond donors (Lipinski definition) is 1. The minimum absolute atomic E-state index is 0. The molecule has 1 N–H and O–H groups in total. The maximum absolute atomic E-state index is 15.2. The zero-order chi connectivity index (χ0) is 221. The largest absolute Gasteiger partial charge is 0.523 e. The fourth-order valence-corrected chi connectivity index (χ4v) is 19.4. The molecule has 15 nitrogen and oxygen atoms in total. The molecule has 9 atom stereocenters. The molecule has 3 saturated carbocycles. The van der Waals surface area contributed by atoms with Crippen LogP contribution in [0.15, 0.2) is 200 Å². The average molecular weight is 1910 g/mol. The van der Waals surface area contributed by atoms with Gasteiger partial charge in [-0.3, -0.25) is 15.0 Å². The van der Waals surface area contributed by atoms with Crippen LogP contribution in [0.3, 0.4) is 0 Å². The molecule has 19 rings (SSSR count). The van der Waals surface area contributed by atoms with Crippen molar-refractivity contribution in [3.8, 4) is 67.9 Å². The maximum Gasteiger partial charge on any atom is 0.226 e. The summed E-state index contributed by atoms with van der Waals surface area (Å²) in [5.41, 5.74) is 14.9. The summed E-state index contributed by atoms with van der Waals surface area (Å²) in [4.78, 5) is 64.7. The third kappa shape index (κ3) is 13.0. The normalized spacial score (nSPS) is 29.6. The number of halogens is 3. The minimum Gasteiger partial charge on any atom is -0.523 e. The van der Waals surface area contributed by atoms with Crippen LogP contribution in [0.1, 0.15) is 405 Å². The number of aliphatic hydroxyl groups excluding tert-OH is 1. The molecule has 0 aliphatic heterocycles. The van der Waals surface area contributed by atoms with Gasteiger partial charge in [0, 0.05) is 358 Å². The van der Waals surface area contributed by atoms with Crippen molar-refractivity contribution < 1.29 is 243 Å². The van der Waals surface area contributed by atoms with E-state index in [1.807, 2.05) is 73.1 Å². The van der Waals surface area contributed by atoms with E-state index in [0.717, 1.165) is 143 Å². The van der Waals surface area contributed by atoms with Gasteiger partial charge >= 0.3 is 0 Å². The number of nitrogens with zero attached hydrogens (tertiary/aromatic N) is 12. The molecule has 10 aromatic rings. The number of ketones is 1. The minimum atomic E-state index is -0.668. The van der Waals surface area contributed by atoms with E-state index in [1.54, 1.807) is 54.9 Å². The SMILES string of the molecule is C=CC[C@H]1c2oncc2C[C@@]2(C)c3nc(-c4ccnc(C5CC5)c4)nc(-c4ccccc4F)c3CC[C@H]12.[3HH].[3H][3H].[3H][3H].[3H][3H].[3H][3H].[3H][3H].[3H][3H].[3H][3H].[3H][3H].[3H][3H].[3H][3H].[3H][3H].[3H][3H].[3H][3H].[3H][3H].[3H][3H].[3H][3H].[3H][3H].[3H][3H].[3H][3H].[3H][3H].[3H][3H].[3H][3H].[3H][3H].[3H][3H].[3H][3H].[3H][3H].[3H][3H].[3H][3H].[3H][3H].[3H][3H].[3H][3H].[3H][3H].[3H][3H].[3H][3H].[3H][3H].[3H][3H].[3H][3H].[3H][3H].[3H][3H].[3H][3H].[3H][3H].[3H][3H].[3H][3H].[3H][3H].[3H][3H].[3H][3H].[3H][3H].[3H][3H].[3H][3H].[3H][3H].[3H][3H].[3H][3H].[3H][3H].[3H][3H].[3H][3H].[3H][3H].[3H][3H].[3H][3H].[3H][3H].[3H][3H].[3H][3H].[3H][3H].[3H][3H].[3H][3H].[3H][3H].[3H][3H].[3H][3H].[3H][3H].[3H][3H].[3H][3H].[3H][3H].[3H][3H].[C-]#[N+]C1=C(O)[C@H](CC=C)[C@H]2CCc3c(-c4ccccc4F)nc(-c4ccnc(C5CC5)c4)nc3[C@]2(C)C1.[C-]#[N+]C1=C[C@@]2(C)c3nc(-c4ccnc(C5CC5)c4)nc(-c4ccccc4F)c3CC[C@@H]2[C@@H](CC=C)C1=O. The maximum atomic E-state index is 15.2. The Morgan fingerprint density at radius 3 is 1.37 bits per heavy atom. The van der Waals surface area contributed by atoms with Gasteiger partial charge in [0.2, 0.25) is 11.4 Å². The van der Waals surface area contributed by atoms with Crippen molar-refractivity contribution in [2.45, 2.75) is 170 Å². The first-order valence-corrected chi connectivity index (χ1v) is 39.0. The fraction of sp³-hybridized carbons (Fsp3) is 0.344. The molecule has 0 radical (unpaired) electrons. The summed E-state index contributed by atoms with van der Waals surface area (Å²) >= 11 is 0. The molecule has 0 spiro atoms. The summed E-state index contributed by atoms with van der Waals surface area (Å²) in [5, 5.41) is 15.1. The molecule has 0 saturated heterocycles. The number of carbonyl (C=O) groups is 1. The number of rotatable bonds is 15. The van der Waals surface area contributed by atoms with Crippen molar-refractivity contribution in [3.05, 3.63) is 298 Å². The van der Waals surface area contributed by atoms with E-state index < -0.39 is 10.8 Å².